The van der Waals surface area contributed by atoms with Crippen LogP contribution in [0.1, 0.15) is 25.7 Å². The molecule has 1 aliphatic rings. The third kappa shape index (κ3) is 6.02. The van der Waals surface area contributed by atoms with E-state index in [-0.39, 0.29) is 18.3 Å². The molecule has 0 aromatic carbocycles. The number of nitrogens with zero attached hydrogens (tertiary/aromatic N) is 3. The molecule has 0 bridgehead atoms. The summed E-state index contributed by atoms with van der Waals surface area (Å²) in [6, 6.07) is 0. The zero-order valence-electron chi connectivity index (χ0n) is 11.0. The van der Waals surface area contributed by atoms with Crippen molar-refractivity contribution in [2.45, 2.75) is 32.2 Å². The summed E-state index contributed by atoms with van der Waals surface area (Å²) in [6.45, 7) is 3.49. The fraction of sp³-hybridized carbons (Fsp3) is 0.750. The molecule has 0 spiro atoms. The van der Waals surface area contributed by atoms with Crippen molar-refractivity contribution < 1.29 is 4.79 Å². The predicted molar refractivity (Wildman–Crippen MR) is 75.1 cm³/mol. The topological polar surface area (TPSA) is 71.8 Å². The summed E-state index contributed by atoms with van der Waals surface area (Å²) in [7, 11) is 0. The molecule has 1 aromatic heterocycles. The monoisotopic (exact) mass is 287 g/mol. The highest BCUT2D eigenvalue weighted by Crippen LogP contribution is 2.17. The maximum atomic E-state index is 11.6. The van der Waals surface area contributed by atoms with E-state index in [1.807, 2.05) is 0 Å². The van der Waals surface area contributed by atoms with Crippen molar-refractivity contribution in [2.75, 3.05) is 19.6 Å². The van der Waals surface area contributed by atoms with Crippen LogP contribution in [-0.4, -0.2) is 40.3 Å². The van der Waals surface area contributed by atoms with Crippen LogP contribution in [0.5, 0.6) is 0 Å². The van der Waals surface area contributed by atoms with Crippen LogP contribution in [-0.2, 0) is 11.3 Å². The van der Waals surface area contributed by atoms with E-state index in [2.05, 4.69) is 20.7 Å². The number of rotatable bonds is 6. The Bertz CT molecular complexity index is 351. The van der Waals surface area contributed by atoms with Crippen LogP contribution in [0.3, 0.4) is 0 Å². The van der Waals surface area contributed by atoms with Crippen molar-refractivity contribution in [1.29, 1.82) is 0 Å². The summed E-state index contributed by atoms with van der Waals surface area (Å²) in [5.41, 5.74) is 0. The minimum absolute atomic E-state index is 0. The van der Waals surface area contributed by atoms with Crippen LogP contribution < -0.4 is 10.6 Å². The molecule has 1 aromatic rings. The van der Waals surface area contributed by atoms with Crippen LogP contribution in [0.2, 0.25) is 0 Å². The SMILES string of the molecule is Cl.O=C(CCC1CCNCC1)NCCn1cncn1. The average molecular weight is 288 g/mol. The van der Waals surface area contributed by atoms with Gasteiger partial charge >= 0.3 is 0 Å². The lowest BCUT2D eigenvalue weighted by molar-refractivity contribution is -0.121. The number of hydrogen-bond donors (Lipinski definition) is 2. The minimum atomic E-state index is 0. The molecule has 1 saturated heterocycles. The number of piperidine rings is 1. The molecule has 6 nitrogen and oxygen atoms in total. The van der Waals surface area contributed by atoms with Gasteiger partial charge in [-0.25, -0.2) is 4.98 Å². The Labute approximate surface area is 119 Å². The normalized spacial score (nSPS) is 15.8. The van der Waals surface area contributed by atoms with E-state index >= 15 is 0 Å². The Morgan fingerprint density at radius 3 is 2.89 bits per heavy atom. The zero-order chi connectivity index (χ0) is 12.6. The van der Waals surface area contributed by atoms with Gasteiger partial charge in [0.2, 0.25) is 5.91 Å². The fourth-order valence-corrected chi connectivity index (χ4v) is 2.25. The second-order valence-corrected chi connectivity index (χ2v) is 4.74. The summed E-state index contributed by atoms with van der Waals surface area (Å²) < 4.78 is 1.72. The molecule has 0 unspecified atom stereocenters. The number of carbonyl (C=O) groups excluding carboxylic acids is 1. The summed E-state index contributed by atoms with van der Waals surface area (Å²) in [5, 5.41) is 10.2. The molecule has 1 aliphatic heterocycles. The van der Waals surface area contributed by atoms with Crippen molar-refractivity contribution >= 4 is 18.3 Å². The van der Waals surface area contributed by atoms with Crippen molar-refractivity contribution in [3.63, 3.8) is 0 Å². The Morgan fingerprint density at radius 1 is 1.42 bits per heavy atom. The number of nitrogens with one attached hydrogen (secondary N) is 2. The lowest BCUT2D eigenvalue weighted by atomic mass is 9.93. The number of halogens is 1. The molecule has 0 atom stereocenters. The third-order valence-electron chi connectivity index (χ3n) is 3.37. The van der Waals surface area contributed by atoms with Crippen molar-refractivity contribution in [2.24, 2.45) is 5.92 Å². The molecule has 1 fully saturated rings. The first-order chi connectivity index (χ1) is 8.84. The van der Waals surface area contributed by atoms with Gasteiger partial charge in [-0.1, -0.05) is 0 Å². The first-order valence-corrected chi connectivity index (χ1v) is 6.64. The van der Waals surface area contributed by atoms with Gasteiger partial charge in [-0.15, -0.1) is 12.4 Å². The molecule has 2 N–H and O–H groups in total. The zero-order valence-corrected chi connectivity index (χ0v) is 11.9. The van der Waals surface area contributed by atoms with E-state index in [0.717, 1.165) is 19.5 Å². The van der Waals surface area contributed by atoms with Gasteiger partial charge in [-0.2, -0.15) is 5.10 Å². The predicted octanol–water partition coefficient (Wildman–Crippen LogP) is 0.596. The molecule has 2 heterocycles. The lowest BCUT2D eigenvalue weighted by Crippen LogP contribution is -2.30. The van der Waals surface area contributed by atoms with E-state index in [0.29, 0.717) is 25.4 Å². The van der Waals surface area contributed by atoms with Gasteiger partial charge in [0.25, 0.3) is 0 Å². The van der Waals surface area contributed by atoms with E-state index in [1.54, 1.807) is 11.0 Å². The molecule has 0 aliphatic carbocycles. The molecular weight excluding hydrogens is 266 g/mol. The van der Waals surface area contributed by atoms with Crippen LogP contribution in [0.15, 0.2) is 12.7 Å². The lowest BCUT2D eigenvalue weighted by Gasteiger charge is -2.22. The highest BCUT2D eigenvalue weighted by molar-refractivity contribution is 5.85. The first-order valence-electron chi connectivity index (χ1n) is 6.64. The minimum Gasteiger partial charge on any atom is -0.354 e. The molecule has 0 radical (unpaired) electrons. The van der Waals surface area contributed by atoms with Crippen molar-refractivity contribution in [3.05, 3.63) is 12.7 Å². The second kappa shape index (κ2) is 8.87. The van der Waals surface area contributed by atoms with Crippen molar-refractivity contribution in [1.82, 2.24) is 25.4 Å². The fourth-order valence-electron chi connectivity index (χ4n) is 2.25. The van der Waals surface area contributed by atoms with E-state index < -0.39 is 0 Å². The van der Waals surface area contributed by atoms with Gasteiger partial charge in [0.1, 0.15) is 12.7 Å². The Balaban J connectivity index is 0.00000180. The van der Waals surface area contributed by atoms with Crippen LogP contribution in [0, 0.1) is 5.92 Å². The number of amides is 1. The molecule has 7 heteroatoms. The quantitative estimate of drug-likeness (QED) is 0.804. The van der Waals surface area contributed by atoms with Crippen LogP contribution >= 0.6 is 12.4 Å². The van der Waals surface area contributed by atoms with E-state index in [4.69, 9.17) is 0 Å². The molecular formula is C12H22ClN5O. The van der Waals surface area contributed by atoms with E-state index in [1.165, 1.54) is 19.2 Å². The van der Waals surface area contributed by atoms with Gasteiger partial charge in [0.15, 0.2) is 0 Å². The van der Waals surface area contributed by atoms with Crippen molar-refractivity contribution in [3.8, 4) is 0 Å². The molecule has 0 saturated carbocycles. The van der Waals surface area contributed by atoms with E-state index in [9.17, 15) is 4.79 Å². The summed E-state index contributed by atoms with van der Waals surface area (Å²) >= 11 is 0. The molecule has 19 heavy (non-hydrogen) atoms. The average Bonchev–Trinajstić information content (AvgIpc) is 2.91. The van der Waals surface area contributed by atoms with Gasteiger partial charge in [0.05, 0.1) is 6.54 Å². The van der Waals surface area contributed by atoms with Gasteiger partial charge in [-0.05, 0) is 38.3 Å². The van der Waals surface area contributed by atoms with Crippen LogP contribution in [0.4, 0.5) is 0 Å². The summed E-state index contributed by atoms with van der Waals surface area (Å²) in [6.07, 6.45) is 7.21. The van der Waals surface area contributed by atoms with Gasteiger partial charge < -0.3 is 10.6 Å². The molecule has 1 amide bonds. The second-order valence-electron chi connectivity index (χ2n) is 4.74. The maximum Gasteiger partial charge on any atom is 0.220 e. The number of aromatic nitrogens is 3. The van der Waals surface area contributed by atoms with Gasteiger partial charge in [0, 0.05) is 13.0 Å². The number of carbonyl (C=O) groups is 1. The van der Waals surface area contributed by atoms with Gasteiger partial charge in [-0.3, -0.25) is 9.48 Å². The largest absolute Gasteiger partial charge is 0.354 e. The molecule has 2 rings (SSSR count). The highest BCUT2D eigenvalue weighted by atomic mass is 35.5. The Morgan fingerprint density at radius 2 is 2.21 bits per heavy atom. The Hall–Kier alpha value is -1.14. The standard InChI is InChI=1S/C12H21N5O.ClH/c18-12(2-1-11-3-5-13-6-4-11)15-7-8-17-10-14-9-16-17;/h9-11,13H,1-8H2,(H,15,18);1H. The summed E-state index contributed by atoms with van der Waals surface area (Å²) in [4.78, 5) is 15.5. The molecule has 108 valence electrons. The smallest absolute Gasteiger partial charge is 0.220 e. The summed E-state index contributed by atoms with van der Waals surface area (Å²) in [5.74, 6) is 0.862. The maximum absolute atomic E-state index is 11.6. The third-order valence-corrected chi connectivity index (χ3v) is 3.37. The Kier molecular flexibility index (Phi) is 7.43. The first kappa shape index (κ1) is 15.9. The number of hydrogen-bond acceptors (Lipinski definition) is 4. The highest BCUT2D eigenvalue weighted by Gasteiger charge is 2.14. The van der Waals surface area contributed by atoms with Crippen LogP contribution in [0.25, 0.3) is 0 Å².